The maximum absolute atomic E-state index is 6.29. The molecule has 2 aliphatic carbocycles. The molecule has 0 aromatic carbocycles. The van der Waals surface area contributed by atoms with Gasteiger partial charge in [-0.1, -0.05) is 19.1 Å². The first-order chi connectivity index (χ1) is 7.01. The van der Waals surface area contributed by atoms with E-state index in [0.717, 1.165) is 24.6 Å². The molecule has 0 amide bonds. The minimum absolute atomic E-state index is 0.188. The molecule has 2 N–H and O–H groups in total. The predicted molar refractivity (Wildman–Crippen MR) is 57.0 cm³/mol. The van der Waals surface area contributed by atoms with E-state index in [1.807, 2.05) is 10.9 Å². The Morgan fingerprint density at radius 1 is 1.53 bits per heavy atom. The second-order valence-electron chi connectivity index (χ2n) is 5.80. The molecule has 1 aromatic rings. The first kappa shape index (κ1) is 9.33. The van der Waals surface area contributed by atoms with E-state index in [0.29, 0.717) is 0 Å². The van der Waals surface area contributed by atoms with Gasteiger partial charge in [-0.05, 0) is 30.6 Å². The standard InChI is InChI=1S/C11H18N4/c1-10(2)7-11(10,12)9-6-15(14-13-9)5-8-3-4-8/h6,8H,3-5,7,12H2,1-2H3. The molecular formula is C11H18N4. The fraction of sp³-hybridized carbons (Fsp3) is 0.818. The molecule has 2 fully saturated rings. The maximum atomic E-state index is 6.29. The van der Waals surface area contributed by atoms with Crippen LogP contribution in [0.15, 0.2) is 6.20 Å². The summed E-state index contributed by atoms with van der Waals surface area (Å²) in [5.74, 6) is 0.834. The maximum Gasteiger partial charge on any atom is 0.103 e. The first-order valence-corrected chi connectivity index (χ1v) is 5.71. The van der Waals surface area contributed by atoms with Crippen LogP contribution in [-0.2, 0) is 12.1 Å². The third-order valence-electron chi connectivity index (χ3n) is 3.94. The number of nitrogens with two attached hydrogens (primary N) is 1. The van der Waals surface area contributed by atoms with Gasteiger partial charge in [-0.3, -0.25) is 4.68 Å². The zero-order valence-electron chi connectivity index (χ0n) is 9.40. The smallest absolute Gasteiger partial charge is 0.103 e. The van der Waals surface area contributed by atoms with Crippen molar-refractivity contribution in [2.45, 2.75) is 45.2 Å². The van der Waals surface area contributed by atoms with Crippen LogP contribution in [0.3, 0.4) is 0 Å². The Balaban J connectivity index is 1.78. The van der Waals surface area contributed by atoms with Crippen LogP contribution in [0.2, 0.25) is 0 Å². The van der Waals surface area contributed by atoms with E-state index in [-0.39, 0.29) is 11.0 Å². The molecule has 15 heavy (non-hydrogen) atoms. The molecule has 0 saturated heterocycles. The number of nitrogens with zero attached hydrogens (tertiary/aromatic N) is 3. The Labute approximate surface area is 89.8 Å². The van der Waals surface area contributed by atoms with E-state index in [4.69, 9.17) is 5.73 Å². The first-order valence-electron chi connectivity index (χ1n) is 5.71. The van der Waals surface area contributed by atoms with Crippen molar-refractivity contribution in [3.63, 3.8) is 0 Å². The van der Waals surface area contributed by atoms with Crippen LogP contribution in [0.25, 0.3) is 0 Å². The summed E-state index contributed by atoms with van der Waals surface area (Å²) in [6, 6.07) is 0. The quantitative estimate of drug-likeness (QED) is 0.810. The zero-order chi connectivity index (χ0) is 10.7. The summed E-state index contributed by atoms with van der Waals surface area (Å²) in [7, 11) is 0. The van der Waals surface area contributed by atoms with Crippen molar-refractivity contribution in [1.82, 2.24) is 15.0 Å². The Morgan fingerprint density at radius 3 is 2.73 bits per heavy atom. The lowest BCUT2D eigenvalue weighted by Crippen LogP contribution is -2.25. The lowest BCUT2D eigenvalue weighted by Gasteiger charge is -2.10. The molecule has 2 saturated carbocycles. The predicted octanol–water partition coefficient (Wildman–Crippen LogP) is 1.27. The summed E-state index contributed by atoms with van der Waals surface area (Å²) in [5.41, 5.74) is 7.22. The molecule has 0 aliphatic heterocycles. The highest BCUT2D eigenvalue weighted by Crippen LogP contribution is 2.59. The van der Waals surface area contributed by atoms with Crippen molar-refractivity contribution >= 4 is 0 Å². The van der Waals surface area contributed by atoms with Gasteiger partial charge in [-0.15, -0.1) is 5.10 Å². The van der Waals surface area contributed by atoms with Crippen molar-refractivity contribution in [3.05, 3.63) is 11.9 Å². The molecule has 1 heterocycles. The number of aromatic nitrogens is 3. The highest BCUT2D eigenvalue weighted by Gasteiger charge is 2.61. The van der Waals surface area contributed by atoms with E-state index < -0.39 is 0 Å². The topological polar surface area (TPSA) is 56.7 Å². The molecule has 1 atom stereocenters. The molecule has 82 valence electrons. The van der Waals surface area contributed by atoms with Crippen molar-refractivity contribution in [2.75, 3.05) is 0 Å². The Bertz CT molecular complexity index is 391. The number of rotatable bonds is 3. The normalized spacial score (nSPS) is 33.0. The van der Waals surface area contributed by atoms with Gasteiger partial charge >= 0.3 is 0 Å². The van der Waals surface area contributed by atoms with Gasteiger partial charge in [-0.25, -0.2) is 0 Å². The lowest BCUT2D eigenvalue weighted by atomic mass is 10.0. The summed E-state index contributed by atoms with van der Waals surface area (Å²) < 4.78 is 1.95. The molecule has 1 aromatic heterocycles. The van der Waals surface area contributed by atoms with Crippen LogP contribution in [-0.4, -0.2) is 15.0 Å². The number of hydrogen-bond donors (Lipinski definition) is 1. The average Bonchev–Trinajstić information content (AvgIpc) is 2.93. The van der Waals surface area contributed by atoms with Gasteiger partial charge in [0, 0.05) is 6.54 Å². The fourth-order valence-corrected chi connectivity index (χ4v) is 2.25. The Kier molecular flexibility index (Phi) is 1.63. The second kappa shape index (κ2) is 2.61. The molecule has 4 heteroatoms. The van der Waals surface area contributed by atoms with Crippen molar-refractivity contribution < 1.29 is 0 Å². The summed E-state index contributed by atoms with van der Waals surface area (Å²) >= 11 is 0. The van der Waals surface area contributed by atoms with Crippen LogP contribution in [0, 0.1) is 11.3 Å². The van der Waals surface area contributed by atoms with Gasteiger partial charge in [0.05, 0.1) is 11.7 Å². The van der Waals surface area contributed by atoms with Crippen molar-refractivity contribution in [1.29, 1.82) is 0 Å². The second-order valence-corrected chi connectivity index (χ2v) is 5.80. The molecular weight excluding hydrogens is 188 g/mol. The Morgan fingerprint density at radius 2 is 2.20 bits per heavy atom. The molecule has 0 bridgehead atoms. The van der Waals surface area contributed by atoms with Crippen molar-refractivity contribution in [2.24, 2.45) is 17.1 Å². The monoisotopic (exact) mass is 206 g/mol. The largest absolute Gasteiger partial charge is 0.320 e. The van der Waals surface area contributed by atoms with E-state index in [9.17, 15) is 0 Å². The van der Waals surface area contributed by atoms with Gasteiger partial charge in [0.15, 0.2) is 0 Å². The van der Waals surface area contributed by atoms with Crippen LogP contribution >= 0.6 is 0 Å². The van der Waals surface area contributed by atoms with Crippen LogP contribution in [0.4, 0.5) is 0 Å². The summed E-state index contributed by atoms with van der Waals surface area (Å²) in [5, 5.41) is 8.37. The van der Waals surface area contributed by atoms with E-state index >= 15 is 0 Å². The van der Waals surface area contributed by atoms with Gasteiger partial charge in [0.2, 0.25) is 0 Å². The lowest BCUT2D eigenvalue weighted by molar-refractivity contribution is 0.499. The number of hydrogen-bond acceptors (Lipinski definition) is 3. The van der Waals surface area contributed by atoms with E-state index in [1.165, 1.54) is 12.8 Å². The molecule has 4 nitrogen and oxygen atoms in total. The van der Waals surface area contributed by atoms with Gasteiger partial charge in [-0.2, -0.15) is 0 Å². The summed E-state index contributed by atoms with van der Waals surface area (Å²) in [6.07, 6.45) is 5.73. The SMILES string of the molecule is CC1(C)CC1(N)c1cn(CC2CC2)nn1. The molecule has 0 radical (unpaired) electrons. The van der Waals surface area contributed by atoms with Gasteiger partial charge < -0.3 is 5.73 Å². The Hall–Kier alpha value is -0.900. The third-order valence-corrected chi connectivity index (χ3v) is 3.94. The highest BCUT2D eigenvalue weighted by atomic mass is 15.4. The van der Waals surface area contributed by atoms with E-state index in [2.05, 4.69) is 24.2 Å². The zero-order valence-corrected chi connectivity index (χ0v) is 9.40. The highest BCUT2D eigenvalue weighted by molar-refractivity contribution is 5.27. The van der Waals surface area contributed by atoms with Gasteiger partial charge in [0.1, 0.15) is 5.69 Å². The van der Waals surface area contributed by atoms with Crippen LogP contribution in [0.5, 0.6) is 0 Å². The molecule has 2 aliphatic rings. The van der Waals surface area contributed by atoms with Crippen LogP contribution in [0.1, 0.15) is 38.8 Å². The van der Waals surface area contributed by atoms with Crippen LogP contribution < -0.4 is 5.73 Å². The fourth-order valence-electron chi connectivity index (χ4n) is 2.25. The van der Waals surface area contributed by atoms with E-state index in [1.54, 1.807) is 0 Å². The average molecular weight is 206 g/mol. The summed E-state index contributed by atoms with van der Waals surface area (Å²) in [6.45, 7) is 5.39. The third kappa shape index (κ3) is 1.39. The van der Waals surface area contributed by atoms with Gasteiger partial charge in [0.25, 0.3) is 0 Å². The van der Waals surface area contributed by atoms with Crippen molar-refractivity contribution in [3.8, 4) is 0 Å². The summed E-state index contributed by atoms with van der Waals surface area (Å²) in [4.78, 5) is 0. The molecule has 3 rings (SSSR count). The minimum Gasteiger partial charge on any atom is -0.320 e. The molecule has 1 unspecified atom stereocenters. The molecule has 0 spiro atoms. The minimum atomic E-state index is -0.227.